The first-order valence-electron chi connectivity index (χ1n) is 9.27. The Hall–Kier alpha value is -2.86. The van der Waals surface area contributed by atoms with E-state index in [9.17, 15) is 14.0 Å². The van der Waals surface area contributed by atoms with Crippen molar-refractivity contribution in [3.05, 3.63) is 70.1 Å². The summed E-state index contributed by atoms with van der Waals surface area (Å²) in [6.45, 7) is 4.13. The lowest BCUT2D eigenvalue weighted by Crippen LogP contribution is -2.33. The van der Waals surface area contributed by atoms with Crippen LogP contribution in [0.15, 0.2) is 48.2 Å². The van der Waals surface area contributed by atoms with Crippen molar-refractivity contribution < 1.29 is 18.7 Å². The molecule has 7 heteroatoms. The Balaban J connectivity index is 1.93. The highest BCUT2D eigenvalue weighted by Gasteiger charge is 2.31. The second-order valence-corrected chi connectivity index (χ2v) is 7.29. The number of hydrogen-bond acceptors (Lipinski definition) is 3. The molecule has 0 spiro atoms. The molecule has 0 saturated heterocycles. The van der Waals surface area contributed by atoms with Gasteiger partial charge < -0.3 is 15.0 Å². The minimum Gasteiger partial charge on any atom is -0.492 e. The third-order valence-electron chi connectivity index (χ3n) is 4.84. The fourth-order valence-corrected chi connectivity index (χ4v) is 3.53. The van der Waals surface area contributed by atoms with Gasteiger partial charge in [0.05, 0.1) is 11.6 Å². The van der Waals surface area contributed by atoms with Gasteiger partial charge >= 0.3 is 0 Å². The smallest absolute Gasteiger partial charge is 0.253 e. The maximum atomic E-state index is 13.3. The molecule has 1 unspecified atom stereocenters. The quantitative estimate of drug-likeness (QED) is 0.771. The molecular formula is C22H22ClFN2O3. The molecule has 0 saturated carbocycles. The minimum absolute atomic E-state index is 0.114. The van der Waals surface area contributed by atoms with Gasteiger partial charge in [-0.15, -0.1) is 0 Å². The summed E-state index contributed by atoms with van der Waals surface area (Å²) in [4.78, 5) is 26.7. The number of rotatable bonds is 5. The van der Waals surface area contributed by atoms with Gasteiger partial charge in [0, 0.05) is 42.9 Å². The number of carbonyl (C=O) groups is 2. The number of amides is 2. The van der Waals surface area contributed by atoms with Crippen LogP contribution in [0.2, 0.25) is 5.02 Å². The van der Waals surface area contributed by atoms with E-state index in [1.54, 1.807) is 31.3 Å². The van der Waals surface area contributed by atoms with E-state index in [4.69, 9.17) is 16.3 Å². The number of benzene rings is 2. The highest BCUT2D eigenvalue weighted by atomic mass is 35.5. The van der Waals surface area contributed by atoms with E-state index in [0.717, 1.165) is 5.56 Å². The summed E-state index contributed by atoms with van der Waals surface area (Å²) in [6.07, 6.45) is 1.66. The molecule has 2 aromatic rings. The van der Waals surface area contributed by atoms with Crippen molar-refractivity contribution in [2.24, 2.45) is 0 Å². The molecule has 0 fully saturated rings. The van der Waals surface area contributed by atoms with E-state index >= 15 is 0 Å². The first-order chi connectivity index (χ1) is 13.8. The van der Waals surface area contributed by atoms with Crippen molar-refractivity contribution in [3.63, 3.8) is 0 Å². The van der Waals surface area contributed by atoms with Gasteiger partial charge in [-0.05, 0) is 43.2 Å². The maximum absolute atomic E-state index is 13.3. The molecule has 1 atom stereocenters. The van der Waals surface area contributed by atoms with Crippen LogP contribution in [0.3, 0.4) is 0 Å². The summed E-state index contributed by atoms with van der Waals surface area (Å²) in [5.74, 6) is -0.805. The van der Waals surface area contributed by atoms with Gasteiger partial charge in [0.1, 0.15) is 11.6 Å². The number of carbonyl (C=O) groups excluding carboxylic acids is 2. The molecule has 0 aliphatic carbocycles. The number of anilines is 1. The van der Waals surface area contributed by atoms with Gasteiger partial charge in [-0.3, -0.25) is 9.59 Å². The molecule has 1 aliphatic rings. The first-order valence-corrected chi connectivity index (χ1v) is 9.65. The molecule has 1 aliphatic heterocycles. The summed E-state index contributed by atoms with van der Waals surface area (Å²) < 4.78 is 18.8. The van der Waals surface area contributed by atoms with Crippen LogP contribution >= 0.6 is 11.6 Å². The molecule has 1 heterocycles. The molecule has 0 aromatic heterocycles. The zero-order chi connectivity index (χ0) is 21.1. The lowest BCUT2D eigenvalue weighted by atomic mass is 9.85. The van der Waals surface area contributed by atoms with Crippen LogP contribution < -0.4 is 10.1 Å². The molecule has 2 aromatic carbocycles. The minimum atomic E-state index is -0.460. The van der Waals surface area contributed by atoms with Gasteiger partial charge in [-0.25, -0.2) is 4.39 Å². The molecule has 5 nitrogen and oxygen atoms in total. The zero-order valence-corrected chi connectivity index (χ0v) is 17.2. The fourth-order valence-electron chi connectivity index (χ4n) is 3.26. The fraction of sp³-hybridized carbons (Fsp3) is 0.273. The van der Waals surface area contributed by atoms with Gasteiger partial charge in [-0.2, -0.15) is 0 Å². The van der Waals surface area contributed by atoms with Gasteiger partial charge in [0.15, 0.2) is 0 Å². The Morgan fingerprint density at radius 3 is 2.66 bits per heavy atom. The summed E-state index contributed by atoms with van der Waals surface area (Å²) >= 11 is 6.19. The number of halogens is 2. The van der Waals surface area contributed by atoms with Crippen molar-refractivity contribution >= 4 is 29.1 Å². The SMILES string of the molecule is CCOc1cc(NC(=O)C2=CN(C)C(=O)CC2c2ccc(F)cc2)c(C)cc1Cl. The highest BCUT2D eigenvalue weighted by molar-refractivity contribution is 6.32. The Bertz CT molecular complexity index is 973. The van der Waals surface area contributed by atoms with Crippen LogP contribution in [0.5, 0.6) is 5.75 Å². The third kappa shape index (κ3) is 4.59. The molecule has 1 N–H and O–H groups in total. The second-order valence-electron chi connectivity index (χ2n) is 6.88. The first kappa shape index (κ1) is 20.9. The third-order valence-corrected chi connectivity index (χ3v) is 5.14. The Morgan fingerprint density at radius 1 is 1.31 bits per heavy atom. The average molecular weight is 417 g/mol. The van der Waals surface area contributed by atoms with E-state index in [1.807, 2.05) is 13.8 Å². The van der Waals surface area contributed by atoms with Crippen LogP contribution in [-0.2, 0) is 9.59 Å². The number of hydrogen-bond donors (Lipinski definition) is 1. The number of ether oxygens (including phenoxy) is 1. The topological polar surface area (TPSA) is 58.6 Å². The summed E-state index contributed by atoms with van der Waals surface area (Å²) in [6, 6.07) is 9.26. The van der Waals surface area contributed by atoms with Crippen LogP contribution in [-0.4, -0.2) is 30.4 Å². The van der Waals surface area contributed by atoms with Crippen molar-refractivity contribution in [1.82, 2.24) is 4.90 Å². The molecule has 152 valence electrons. The van der Waals surface area contributed by atoms with Gasteiger partial charge in [0.2, 0.25) is 5.91 Å². The summed E-state index contributed by atoms with van der Waals surface area (Å²) in [5.41, 5.74) is 2.48. The molecular weight excluding hydrogens is 395 g/mol. The van der Waals surface area contributed by atoms with Crippen LogP contribution in [0.1, 0.15) is 30.4 Å². The van der Waals surface area contributed by atoms with Crippen LogP contribution in [0.4, 0.5) is 10.1 Å². The Labute approximate surface area is 174 Å². The molecule has 2 amide bonds. The molecule has 29 heavy (non-hydrogen) atoms. The van der Waals surface area contributed by atoms with E-state index in [2.05, 4.69) is 5.32 Å². The van der Waals surface area contributed by atoms with Crippen molar-refractivity contribution in [2.75, 3.05) is 19.0 Å². The monoisotopic (exact) mass is 416 g/mol. The van der Waals surface area contributed by atoms with Crippen molar-refractivity contribution in [2.45, 2.75) is 26.2 Å². The Morgan fingerprint density at radius 2 is 2.00 bits per heavy atom. The summed E-state index contributed by atoms with van der Waals surface area (Å²) in [7, 11) is 1.61. The van der Waals surface area contributed by atoms with Crippen LogP contribution in [0, 0.1) is 12.7 Å². The largest absolute Gasteiger partial charge is 0.492 e. The average Bonchev–Trinajstić information content (AvgIpc) is 2.68. The van der Waals surface area contributed by atoms with Crippen molar-refractivity contribution in [3.8, 4) is 5.75 Å². The lowest BCUT2D eigenvalue weighted by Gasteiger charge is -2.28. The molecule has 0 bridgehead atoms. The molecule has 0 radical (unpaired) electrons. The Kier molecular flexibility index (Phi) is 6.23. The van der Waals surface area contributed by atoms with E-state index in [0.29, 0.717) is 34.2 Å². The number of nitrogens with one attached hydrogen (secondary N) is 1. The number of aryl methyl sites for hydroxylation is 1. The summed E-state index contributed by atoms with van der Waals surface area (Å²) in [5, 5.41) is 3.36. The van der Waals surface area contributed by atoms with Crippen molar-refractivity contribution in [1.29, 1.82) is 0 Å². The van der Waals surface area contributed by atoms with Crippen LogP contribution in [0.25, 0.3) is 0 Å². The van der Waals surface area contributed by atoms with E-state index in [-0.39, 0.29) is 24.1 Å². The predicted molar refractivity (Wildman–Crippen MR) is 111 cm³/mol. The highest BCUT2D eigenvalue weighted by Crippen LogP contribution is 2.35. The lowest BCUT2D eigenvalue weighted by molar-refractivity contribution is -0.128. The second kappa shape index (κ2) is 8.66. The van der Waals surface area contributed by atoms with E-state index < -0.39 is 5.92 Å². The standard InChI is InChI=1S/C22H22ClFN2O3/c1-4-29-20-11-19(13(2)9-18(20)23)25-22(28)17-12-26(3)21(27)10-16(17)14-5-7-15(24)8-6-14/h5-9,11-12,16H,4,10H2,1-3H3,(H,25,28). The predicted octanol–water partition coefficient (Wildman–Crippen LogP) is 4.65. The zero-order valence-electron chi connectivity index (χ0n) is 16.5. The molecule has 3 rings (SSSR count). The normalized spacial score (nSPS) is 16.4. The van der Waals surface area contributed by atoms with Gasteiger partial charge in [-0.1, -0.05) is 23.7 Å². The number of nitrogens with zero attached hydrogens (tertiary/aromatic N) is 1. The van der Waals surface area contributed by atoms with E-state index in [1.165, 1.54) is 23.2 Å². The maximum Gasteiger partial charge on any atom is 0.253 e. The van der Waals surface area contributed by atoms with Gasteiger partial charge in [0.25, 0.3) is 5.91 Å².